The first kappa shape index (κ1) is 11.0. The van der Waals surface area contributed by atoms with Gasteiger partial charge in [-0.25, -0.2) is 0 Å². The van der Waals surface area contributed by atoms with Gasteiger partial charge in [0.15, 0.2) is 6.19 Å². The van der Waals surface area contributed by atoms with E-state index in [2.05, 4.69) is 5.32 Å². The summed E-state index contributed by atoms with van der Waals surface area (Å²) in [6.45, 7) is 0. The van der Waals surface area contributed by atoms with Crippen LogP contribution in [0.5, 0.6) is 0 Å². The SMILES string of the molecule is N#CNC(=N)NC(=O)c1ccc(Cl)cc1. The number of rotatable bonds is 1. The maximum atomic E-state index is 11.4. The molecule has 0 fully saturated rings. The van der Waals surface area contributed by atoms with E-state index in [4.69, 9.17) is 22.3 Å². The highest BCUT2D eigenvalue weighted by atomic mass is 35.5. The summed E-state index contributed by atoms with van der Waals surface area (Å²) in [5.74, 6) is -0.836. The fourth-order valence-corrected chi connectivity index (χ4v) is 1.00. The van der Waals surface area contributed by atoms with Crippen LogP contribution < -0.4 is 10.6 Å². The quantitative estimate of drug-likeness (QED) is 0.287. The van der Waals surface area contributed by atoms with Gasteiger partial charge in [-0.2, -0.15) is 5.26 Å². The van der Waals surface area contributed by atoms with Crippen LogP contribution in [0.4, 0.5) is 0 Å². The largest absolute Gasteiger partial charge is 0.292 e. The van der Waals surface area contributed by atoms with Crippen LogP contribution in [-0.2, 0) is 0 Å². The average Bonchev–Trinajstić information content (AvgIpc) is 2.18. The smallest absolute Gasteiger partial charge is 0.257 e. The second-order valence-corrected chi connectivity index (χ2v) is 3.01. The highest BCUT2D eigenvalue weighted by Crippen LogP contribution is 2.08. The van der Waals surface area contributed by atoms with E-state index in [0.717, 1.165) is 0 Å². The van der Waals surface area contributed by atoms with Gasteiger partial charge < -0.3 is 0 Å². The number of nitrogens with one attached hydrogen (secondary N) is 3. The first-order valence-corrected chi connectivity index (χ1v) is 4.32. The molecule has 0 aromatic heterocycles. The van der Waals surface area contributed by atoms with E-state index in [0.29, 0.717) is 10.6 Å². The van der Waals surface area contributed by atoms with E-state index < -0.39 is 5.91 Å². The molecule has 6 heteroatoms. The van der Waals surface area contributed by atoms with Crippen LogP contribution in [0.25, 0.3) is 0 Å². The Morgan fingerprint density at radius 1 is 1.40 bits per heavy atom. The predicted octanol–water partition coefficient (Wildman–Crippen LogP) is 1.08. The molecule has 76 valence electrons. The Labute approximate surface area is 91.2 Å². The Hall–Kier alpha value is -2.06. The van der Waals surface area contributed by atoms with Crippen LogP contribution in [-0.4, -0.2) is 11.9 Å². The normalized spacial score (nSPS) is 8.80. The van der Waals surface area contributed by atoms with Crippen LogP contribution in [0.3, 0.4) is 0 Å². The number of carbonyl (C=O) groups is 1. The van der Waals surface area contributed by atoms with Crippen molar-refractivity contribution in [2.45, 2.75) is 0 Å². The van der Waals surface area contributed by atoms with Gasteiger partial charge in [-0.05, 0) is 24.3 Å². The zero-order chi connectivity index (χ0) is 11.3. The number of amides is 1. The summed E-state index contributed by atoms with van der Waals surface area (Å²) < 4.78 is 0. The molecule has 0 aliphatic rings. The Bertz CT molecular complexity index is 421. The zero-order valence-electron chi connectivity index (χ0n) is 7.54. The van der Waals surface area contributed by atoms with Crippen molar-refractivity contribution in [3.05, 3.63) is 34.9 Å². The van der Waals surface area contributed by atoms with Crippen molar-refractivity contribution >= 4 is 23.5 Å². The lowest BCUT2D eigenvalue weighted by molar-refractivity contribution is 0.0976. The molecule has 0 saturated carbocycles. The molecule has 0 atom stereocenters. The number of hydrogen-bond acceptors (Lipinski definition) is 3. The Morgan fingerprint density at radius 3 is 2.53 bits per heavy atom. The van der Waals surface area contributed by atoms with Crippen LogP contribution >= 0.6 is 11.6 Å². The lowest BCUT2D eigenvalue weighted by Gasteiger charge is -2.03. The van der Waals surface area contributed by atoms with Gasteiger partial charge in [0, 0.05) is 10.6 Å². The maximum absolute atomic E-state index is 11.4. The molecular formula is C9H7ClN4O. The van der Waals surface area contributed by atoms with E-state index in [-0.39, 0.29) is 5.96 Å². The van der Waals surface area contributed by atoms with E-state index in [1.54, 1.807) is 12.1 Å². The highest BCUT2D eigenvalue weighted by Gasteiger charge is 2.06. The van der Waals surface area contributed by atoms with Crippen LogP contribution in [0.1, 0.15) is 10.4 Å². The molecule has 3 N–H and O–H groups in total. The van der Waals surface area contributed by atoms with Gasteiger partial charge in [-0.15, -0.1) is 0 Å². The fraction of sp³-hybridized carbons (Fsp3) is 0. The standard InChI is InChI=1S/C9H7ClN4O/c10-7-3-1-6(2-4-7)8(15)14-9(12)13-5-11/h1-4H,(H3,12,13,14,15). The Balaban J connectivity index is 2.66. The number of nitrogens with zero attached hydrogens (tertiary/aromatic N) is 1. The molecule has 0 radical (unpaired) electrons. The summed E-state index contributed by atoms with van der Waals surface area (Å²) in [4.78, 5) is 11.4. The average molecular weight is 223 g/mol. The zero-order valence-corrected chi connectivity index (χ0v) is 8.30. The molecule has 0 heterocycles. The third-order valence-electron chi connectivity index (χ3n) is 1.53. The van der Waals surface area contributed by atoms with Crippen molar-refractivity contribution < 1.29 is 4.79 Å². The molecule has 1 rings (SSSR count). The van der Waals surface area contributed by atoms with Gasteiger partial charge in [0.2, 0.25) is 5.96 Å². The van der Waals surface area contributed by atoms with E-state index in [1.807, 2.05) is 5.32 Å². The molecule has 15 heavy (non-hydrogen) atoms. The molecule has 1 aromatic rings. The van der Waals surface area contributed by atoms with Gasteiger partial charge in [0.05, 0.1) is 0 Å². The van der Waals surface area contributed by atoms with Crippen molar-refractivity contribution in [2.75, 3.05) is 0 Å². The van der Waals surface area contributed by atoms with Crippen LogP contribution in [0, 0.1) is 16.9 Å². The second kappa shape index (κ2) is 4.98. The molecule has 5 nitrogen and oxygen atoms in total. The van der Waals surface area contributed by atoms with Crippen molar-refractivity contribution in [2.24, 2.45) is 0 Å². The summed E-state index contributed by atoms with van der Waals surface area (Å²) in [5.41, 5.74) is 0.365. The molecule has 0 bridgehead atoms. The van der Waals surface area contributed by atoms with Crippen molar-refractivity contribution in [3.63, 3.8) is 0 Å². The van der Waals surface area contributed by atoms with Crippen molar-refractivity contribution in [1.29, 1.82) is 10.7 Å². The molecule has 0 saturated heterocycles. The summed E-state index contributed by atoms with van der Waals surface area (Å²) in [7, 11) is 0. The molecule has 0 aliphatic heterocycles. The lowest BCUT2D eigenvalue weighted by Crippen LogP contribution is -2.37. The van der Waals surface area contributed by atoms with E-state index >= 15 is 0 Å². The van der Waals surface area contributed by atoms with Crippen molar-refractivity contribution in [3.8, 4) is 6.19 Å². The van der Waals surface area contributed by atoms with Gasteiger partial charge in [-0.1, -0.05) is 11.6 Å². The number of nitriles is 1. The summed E-state index contributed by atoms with van der Waals surface area (Å²) in [6, 6.07) is 6.18. The minimum Gasteiger partial charge on any atom is -0.292 e. The molecular weight excluding hydrogens is 216 g/mol. The van der Waals surface area contributed by atoms with Gasteiger partial charge >= 0.3 is 0 Å². The first-order valence-electron chi connectivity index (χ1n) is 3.94. The minimum absolute atomic E-state index is 0.363. The third kappa shape index (κ3) is 3.29. The van der Waals surface area contributed by atoms with Crippen molar-refractivity contribution in [1.82, 2.24) is 10.6 Å². The summed E-state index contributed by atoms with van der Waals surface area (Å²) in [5, 5.41) is 20.0. The molecule has 0 spiro atoms. The number of guanidine groups is 1. The molecule has 1 aromatic carbocycles. The molecule has 0 unspecified atom stereocenters. The lowest BCUT2D eigenvalue weighted by atomic mass is 10.2. The molecule has 0 aliphatic carbocycles. The van der Waals surface area contributed by atoms with E-state index in [1.165, 1.54) is 18.3 Å². The number of hydrogen-bond donors (Lipinski definition) is 3. The fourth-order valence-electron chi connectivity index (χ4n) is 0.874. The topological polar surface area (TPSA) is 88.8 Å². The number of halogens is 1. The second-order valence-electron chi connectivity index (χ2n) is 2.57. The Morgan fingerprint density at radius 2 is 2.00 bits per heavy atom. The monoisotopic (exact) mass is 222 g/mol. The number of carbonyl (C=O) groups excluding carboxylic acids is 1. The Kier molecular flexibility index (Phi) is 3.66. The van der Waals surface area contributed by atoms with Crippen LogP contribution in [0.2, 0.25) is 5.02 Å². The maximum Gasteiger partial charge on any atom is 0.257 e. The first-order chi connectivity index (χ1) is 7.13. The van der Waals surface area contributed by atoms with Gasteiger partial charge in [-0.3, -0.25) is 20.8 Å². The van der Waals surface area contributed by atoms with E-state index in [9.17, 15) is 4.79 Å². The summed E-state index contributed by atoms with van der Waals surface area (Å²) >= 11 is 5.64. The van der Waals surface area contributed by atoms with Gasteiger partial charge in [0.25, 0.3) is 5.91 Å². The summed E-state index contributed by atoms with van der Waals surface area (Å²) in [6.07, 6.45) is 1.52. The van der Waals surface area contributed by atoms with Gasteiger partial charge in [0.1, 0.15) is 0 Å². The minimum atomic E-state index is -0.473. The highest BCUT2D eigenvalue weighted by molar-refractivity contribution is 6.30. The number of benzene rings is 1. The predicted molar refractivity (Wildman–Crippen MR) is 55.4 cm³/mol. The molecule has 1 amide bonds. The van der Waals surface area contributed by atoms with Crippen LogP contribution in [0.15, 0.2) is 24.3 Å². The third-order valence-corrected chi connectivity index (χ3v) is 1.78.